The molecule has 29 heavy (non-hydrogen) atoms. The van der Waals surface area contributed by atoms with E-state index >= 15 is 0 Å². The van der Waals surface area contributed by atoms with E-state index in [0.717, 1.165) is 28.7 Å². The number of carbonyl (C=O) groups excluding carboxylic acids is 2. The quantitative estimate of drug-likeness (QED) is 0.715. The SMILES string of the molecule is Cc1cc(C(N)=O)cc(C)c1CC(CNC(=O)OC(C)c1ccccc1)N(C)C. The van der Waals surface area contributed by atoms with Crippen LogP contribution in [-0.4, -0.2) is 43.6 Å². The number of primary amides is 1. The molecule has 0 radical (unpaired) electrons. The number of nitrogens with two attached hydrogens (primary N) is 1. The van der Waals surface area contributed by atoms with Gasteiger partial charge in [-0.25, -0.2) is 4.79 Å². The number of amides is 2. The van der Waals surface area contributed by atoms with Crippen molar-refractivity contribution >= 4 is 12.0 Å². The second kappa shape index (κ2) is 10.1. The van der Waals surface area contributed by atoms with E-state index in [0.29, 0.717) is 12.1 Å². The predicted octanol–water partition coefficient (Wildman–Crippen LogP) is 3.36. The molecule has 3 N–H and O–H groups in total. The predicted molar refractivity (Wildman–Crippen MR) is 115 cm³/mol. The summed E-state index contributed by atoms with van der Waals surface area (Å²) in [7, 11) is 3.96. The van der Waals surface area contributed by atoms with Crippen molar-refractivity contribution in [2.75, 3.05) is 20.6 Å². The summed E-state index contributed by atoms with van der Waals surface area (Å²) in [5.41, 5.74) is 10.1. The monoisotopic (exact) mass is 397 g/mol. The largest absolute Gasteiger partial charge is 0.442 e. The summed E-state index contributed by atoms with van der Waals surface area (Å²) < 4.78 is 5.49. The molecule has 0 bridgehead atoms. The highest BCUT2D eigenvalue weighted by Gasteiger charge is 2.19. The molecule has 0 heterocycles. The van der Waals surface area contributed by atoms with Crippen molar-refractivity contribution in [2.45, 2.75) is 39.3 Å². The zero-order chi connectivity index (χ0) is 21.6. The van der Waals surface area contributed by atoms with Gasteiger partial charge in [-0.15, -0.1) is 0 Å². The lowest BCUT2D eigenvalue weighted by molar-refractivity contribution is 0.0998. The van der Waals surface area contributed by atoms with E-state index in [1.165, 1.54) is 0 Å². The molecule has 2 aromatic rings. The molecule has 0 aliphatic rings. The van der Waals surface area contributed by atoms with Crippen molar-refractivity contribution in [3.63, 3.8) is 0 Å². The first-order chi connectivity index (χ1) is 13.7. The van der Waals surface area contributed by atoms with Crippen LogP contribution < -0.4 is 11.1 Å². The average Bonchev–Trinajstić information content (AvgIpc) is 2.66. The number of nitrogens with zero attached hydrogens (tertiary/aromatic N) is 1. The lowest BCUT2D eigenvalue weighted by Gasteiger charge is -2.26. The minimum Gasteiger partial charge on any atom is -0.442 e. The summed E-state index contributed by atoms with van der Waals surface area (Å²) in [5, 5.41) is 2.88. The Morgan fingerprint density at radius 2 is 1.69 bits per heavy atom. The number of alkyl carbamates (subject to hydrolysis) is 1. The van der Waals surface area contributed by atoms with E-state index in [9.17, 15) is 9.59 Å². The van der Waals surface area contributed by atoms with E-state index < -0.39 is 12.0 Å². The van der Waals surface area contributed by atoms with Gasteiger partial charge < -0.3 is 20.7 Å². The Labute approximate surface area is 173 Å². The molecule has 0 spiro atoms. The molecule has 0 aliphatic carbocycles. The molecule has 2 unspecified atom stereocenters. The molecule has 0 saturated heterocycles. The summed E-state index contributed by atoms with van der Waals surface area (Å²) in [4.78, 5) is 25.8. The molecule has 0 aromatic heterocycles. The molecule has 2 aromatic carbocycles. The van der Waals surface area contributed by atoms with Crippen molar-refractivity contribution in [1.29, 1.82) is 0 Å². The van der Waals surface area contributed by atoms with Crippen molar-refractivity contribution in [2.24, 2.45) is 5.73 Å². The molecule has 0 fully saturated rings. The first kappa shape index (κ1) is 22.4. The molecule has 2 rings (SSSR count). The van der Waals surface area contributed by atoms with Gasteiger partial charge in [0.15, 0.2) is 0 Å². The standard InChI is InChI=1S/C23H31N3O3/c1-15-11-19(22(24)27)12-16(2)21(15)13-20(26(4)5)14-25-23(28)29-17(3)18-9-7-6-8-10-18/h6-12,17,20H,13-14H2,1-5H3,(H2,24,27)(H,25,28). The van der Waals surface area contributed by atoms with Crippen LogP contribution in [0.1, 0.15) is 45.6 Å². The topological polar surface area (TPSA) is 84.7 Å². The van der Waals surface area contributed by atoms with Gasteiger partial charge in [0.2, 0.25) is 5.91 Å². The molecule has 0 aliphatic heterocycles. The van der Waals surface area contributed by atoms with E-state index in [1.54, 1.807) is 0 Å². The van der Waals surface area contributed by atoms with Gasteiger partial charge in [0.25, 0.3) is 0 Å². The fourth-order valence-corrected chi connectivity index (χ4v) is 3.33. The molecular formula is C23H31N3O3. The van der Waals surface area contributed by atoms with Crippen LogP contribution in [0, 0.1) is 13.8 Å². The fourth-order valence-electron chi connectivity index (χ4n) is 3.33. The maximum atomic E-state index is 12.3. The molecule has 156 valence electrons. The summed E-state index contributed by atoms with van der Waals surface area (Å²) in [6.07, 6.45) is -0.0244. The van der Waals surface area contributed by atoms with Crippen LogP contribution >= 0.6 is 0 Å². The highest BCUT2D eigenvalue weighted by Crippen LogP contribution is 2.20. The highest BCUT2D eigenvalue weighted by atomic mass is 16.6. The first-order valence-electron chi connectivity index (χ1n) is 9.74. The van der Waals surface area contributed by atoms with E-state index in [2.05, 4.69) is 10.2 Å². The van der Waals surface area contributed by atoms with Gasteiger partial charge in [-0.1, -0.05) is 30.3 Å². The second-order valence-corrected chi connectivity index (χ2v) is 7.61. The molecule has 6 heteroatoms. The van der Waals surface area contributed by atoms with Gasteiger partial charge in [-0.05, 0) is 75.7 Å². The number of hydrogen-bond donors (Lipinski definition) is 2. The zero-order valence-electron chi connectivity index (χ0n) is 17.9. The normalized spacial score (nSPS) is 13.0. The Balaban J connectivity index is 2.00. The van der Waals surface area contributed by atoms with Crippen molar-refractivity contribution in [3.05, 3.63) is 70.3 Å². The van der Waals surface area contributed by atoms with Gasteiger partial charge in [0.05, 0.1) is 0 Å². The Kier molecular flexibility index (Phi) is 7.79. The summed E-state index contributed by atoms with van der Waals surface area (Å²) >= 11 is 0. The zero-order valence-corrected chi connectivity index (χ0v) is 17.9. The Hall–Kier alpha value is -2.86. The number of benzene rings is 2. The van der Waals surface area contributed by atoms with Crippen LogP contribution in [0.4, 0.5) is 4.79 Å². The van der Waals surface area contributed by atoms with Gasteiger partial charge in [0.1, 0.15) is 6.10 Å². The Morgan fingerprint density at radius 3 is 2.21 bits per heavy atom. The van der Waals surface area contributed by atoms with Crippen molar-refractivity contribution in [1.82, 2.24) is 10.2 Å². The lowest BCUT2D eigenvalue weighted by Crippen LogP contribution is -2.42. The van der Waals surface area contributed by atoms with Crippen LogP contribution in [0.2, 0.25) is 0 Å². The fraction of sp³-hybridized carbons (Fsp3) is 0.391. The molecule has 2 amide bonds. The number of ether oxygens (including phenoxy) is 1. The van der Waals surface area contributed by atoms with E-state index in [-0.39, 0.29) is 12.1 Å². The number of nitrogens with one attached hydrogen (secondary N) is 1. The van der Waals surface area contributed by atoms with Crippen LogP contribution in [0.15, 0.2) is 42.5 Å². The molecule has 6 nitrogen and oxygen atoms in total. The van der Waals surface area contributed by atoms with Crippen LogP contribution in [0.3, 0.4) is 0 Å². The Bertz CT molecular complexity index is 827. The minimum absolute atomic E-state index is 0.0754. The maximum Gasteiger partial charge on any atom is 0.407 e. The van der Waals surface area contributed by atoms with E-state index in [4.69, 9.17) is 10.5 Å². The van der Waals surface area contributed by atoms with Crippen LogP contribution in [0.25, 0.3) is 0 Å². The van der Waals surface area contributed by atoms with E-state index in [1.807, 2.05) is 77.3 Å². The van der Waals surface area contributed by atoms with Gasteiger partial charge >= 0.3 is 6.09 Å². The third-order valence-corrected chi connectivity index (χ3v) is 5.19. The number of hydrogen-bond acceptors (Lipinski definition) is 4. The number of carbonyl (C=O) groups is 2. The smallest absolute Gasteiger partial charge is 0.407 e. The summed E-state index contributed by atoms with van der Waals surface area (Å²) in [6.45, 7) is 6.25. The number of likely N-dealkylation sites (N-methyl/N-ethyl adjacent to an activating group) is 1. The van der Waals surface area contributed by atoms with Gasteiger partial charge in [0, 0.05) is 18.2 Å². The third-order valence-electron chi connectivity index (χ3n) is 5.19. The summed E-state index contributed by atoms with van der Waals surface area (Å²) in [6, 6.07) is 13.3. The average molecular weight is 398 g/mol. The van der Waals surface area contributed by atoms with Crippen molar-refractivity contribution < 1.29 is 14.3 Å². The first-order valence-corrected chi connectivity index (χ1v) is 9.74. The van der Waals surface area contributed by atoms with Crippen LogP contribution in [-0.2, 0) is 11.2 Å². The van der Waals surface area contributed by atoms with Gasteiger partial charge in [-0.3, -0.25) is 4.79 Å². The Morgan fingerprint density at radius 1 is 1.10 bits per heavy atom. The highest BCUT2D eigenvalue weighted by molar-refractivity contribution is 5.93. The van der Waals surface area contributed by atoms with Gasteiger partial charge in [-0.2, -0.15) is 0 Å². The maximum absolute atomic E-state index is 12.3. The molecule has 2 atom stereocenters. The number of aryl methyl sites for hydroxylation is 2. The lowest BCUT2D eigenvalue weighted by atomic mass is 9.93. The summed E-state index contributed by atoms with van der Waals surface area (Å²) in [5.74, 6) is -0.427. The molecular weight excluding hydrogens is 366 g/mol. The second-order valence-electron chi connectivity index (χ2n) is 7.61. The third kappa shape index (κ3) is 6.32. The minimum atomic E-state index is -0.439. The van der Waals surface area contributed by atoms with Crippen LogP contribution in [0.5, 0.6) is 0 Å². The van der Waals surface area contributed by atoms with Crippen molar-refractivity contribution in [3.8, 4) is 0 Å². The molecule has 0 saturated carbocycles. The number of rotatable bonds is 8.